The van der Waals surface area contributed by atoms with E-state index < -0.39 is 24.1 Å². The first-order valence-electron chi connectivity index (χ1n) is 13.5. The van der Waals surface area contributed by atoms with Crippen LogP contribution in [0, 0.1) is 11.8 Å². The molecule has 1 heterocycles. The van der Waals surface area contributed by atoms with E-state index >= 15 is 0 Å². The van der Waals surface area contributed by atoms with Crippen LogP contribution in [0.3, 0.4) is 0 Å². The van der Waals surface area contributed by atoms with Gasteiger partial charge in [0, 0.05) is 41.0 Å². The van der Waals surface area contributed by atoms with Gasteiger partial charge in [-0.2, -0.15) is 0 Å². The van der Waals surface area contributed by atoms with E-state index in [0.717, 1.165) is 0 Å². The van der Waals surface area contributed by atoms with Crippen LogP contribution in [0.15, 0.2) is 42.5 Å². The SMILES string of the molecule is COc1cc2c(c(OC)c1OC)-c1c(cc3c(c1OC)OCO3)[C@H](OC(C)=O)[C@H](C)[C@H](C)[C@H]2OC(=O)c1ccccc1. The number of fused-ring (bicyclic) bond motifs is 4. The lowest BCUT2D eigenvalue weighted by Gasteiger charge is -2.38. The van der Waals surface area contributed by atoms with Gasteiger partial charge in [-0.05, 0) is 24.3 Å². The van der Waals surface area contributed by atoms with Crippen LogP contribution in [-0.4, -0.2) is 47.2 Å². The summed E-state index contributed by atoms with van der Waals surface area (Å²) in [4.78, 5) is 26.0. The lowest BCUT2D eigenvalue weighted by Crippen LogP contribution is -2.31. The summed E-state index contributed by atoms with van der Waals surface area (Å²) in [7, 11) is 6.05. The Hall–Kier alpha value is -4.60. The van der Waals surface area contributed by atoms with Crippen molar-refractivity contribution in [1.29, 1.82) is 0 Å². The summed E-state index contributed by atoms with van der Waals surface area (Å²) in [5.41, 5.74) is 2.65. The number of methoxy groups -OCH3 is 4. The fourth-order valence-electron chi connectivity index (χ4n) is 5.76. The molecular weight excluding hydrogens is 544 g/mol. The molecule has 10 nitrogen and oxygen atoms in total. The van der Waals surface area contributed by atoms with Crippen molar-refractivity contribution >= 4 is 11.9 Å². The quantitative estimate of drug-likeness (QED) is 0.314. The zero-order valence-electron chi connectivity index (χ0n) is 24.6. The third kappa shape index (κ3) is 4.80. The van der Waals surface area contributed by atoms with Gasteiger partial charge in [-0.3, -0.25) is 4.79 Å². The minimum Gasteiger partial charge on any atom is -0.493 e. The lowest BCUT2D eigenvalue weighted by molar-refractivity contribution is -0.151. The van der Waals surface area contributed by atoms with Gasteiger partial charge < -0.3 is 37.9 Å². The first-order chi connectivity index (χ1) is 20.2. The Balaban J connectivity index is 1.90. The van der Waals surface area contributed by atoms with E-state index in [-0.39, 0.29) is 18.6 Å². The largest absolute Gasteiger partial charge is 0.493 e. The van der Waals surface area contributed by atoms with E-state index in [1.54, 1.807) is 36.4 Å². The van der Waals surface area contributed by atoms with Gasteiger partial charge in [0.2, 0.25) is 18.3 Å². The maximum Gasteiger partial charge on any atom is 0.338 e. The highest BCUT2D eigenvalue weighted by Gasteiger charge is 2.44. The standard InChI is InChI=1S/C32H34O10/c1-16-17(2)27(42-32(34)19-11-9-8-10-12-19)20-13-22(35-4)28(36-5)30(37-6)24(20)25-21(26(16)41-18(3)33)14-23-29(31(25)38-7)40-15-39-23/h8-14,16-17,26-27H,15H2,1-7H3/t16-,17+,26-,27-/m1/s1. The third-order valence-corrected chi connectivity index (χ3v) is 7.90. The molecule has 10 heteroatoms. The van der Waals surface area contributed by atoms with Crippen LogP contribution in [0.25, 0.3) is 11.1 Å². The smallest absolute Gasteiger partial charge is 0.338 e. The highest BCUT2D eigenvalue weighted by Crippen LogP contribution is 2.60. The van der Waals surface area contributed by atoms with E-state index in [2.05, 4.69) is 0 Å². The van der Waals surface area contributed by atoms with Crippen molar-refractivity contribution in [3.8, 4) is 45.6 Å². The molecule has 3 aromatic carbocycles. The lowest BCUT2D eigenvalue weighted by atomic mass is 9.74. The molecule has 0 radical (unpaired) electrons. The van der Waals surface area contributed by atoms with Crippen molar-refractivity contribution in [2.75, 3.05) is 35.2 Å². The number of rotatable bonds is 7. The van der Waals surface area contributed by atoms with Gasteiger partial charge in [0.05, 0.1) is 34.0 Å². The molecule has 3 aromatic rings. The second-order valence-corrected chi connectivity index (χ2v) is 10.2. The summed E-state index contributed by atoms with van der Waals surface area (Å²) in [6.45, 7) is 5.25. The number of esters is 2. The Bertz CT molecular complexity index is 1500. The van der Waals surface area contributed by atoms with Crippen LogP contribution in [-0.2, 0) is 14.3 Å². The molecule has 0 fully saturated rings. The van der Waals surface area contributed by atoms with Crippen molar-refractivity contribution in [2.24, 2.45) is 11.8 Å². The Morgan fingerprint density at radius 2 is 1.33 bits per heavy atom. The summed E-state index contributed by atoms with van der Waals surface area (Å²) in [6, 6.07) is 12.3. The van der Waals surface area contributed by atoms with E-state index in [0.29, 0.717) is 62.3 Å². The molecular formula is C32H34O10. The number of hydrogen-bond donors (Lipinski definition) is 0. The molecule has 0 N–H and O–H groups in total. The molecule has 5 rings (SSSR count). The Morgan fingerprint density at radius 1 is 0.738 bits per heavy atom. The molecule has 0 aromatic heterocycles. The molecule has 1 aliphatic heterocycles. The van der Waals surface area contributed by atoms with E-state index in [1.807, 2.05) is 19.9 Å². The minimum absolute atomic E-state index is 0.00792. The molecule has 0 saturated heterocycles. The van der Waals surface area contributed by atoms with Crippen LogP contribution in [0.5, 0.6) is 34.5 Å². The summed E-state index contributed by atoms with van der Waals surface area (Å²) >= 11 is 0. The zero-order chi connectivity index (χ0) is 30.1. The normalized spacial score (nSPS) is 20.3. The van der Waals surface area contributed by atoms with Gasteiger partial charge in [-0.15, -0.1) is 0 Å². The average Bonchev–Trinajstić information content (AvgIpc) is 3.48. The molecule has 4 atom stereocenters. The van der Waals surface area contributed by atoms with Crippen LogP contribution in [0.4, 0.5) is 0 Å². The summed E-state index contributed by atoms with van der Waals surface area (Å²) in [5, 5.41) is 0. The van der Waals surface area contributed by atoms with Gasteiger partial charge in [0.25, 0.3) is 0 Å². The first-order valence-corrected chi connectivity index (χ1v) is 13.5. The topological polar surface area (TPSA) is 108 Å². The number of ether oxygens (including phenoxy) is 8. The van der Waals surface area contributed by atoms with Crippen molar-refractivity contribution in [3.05, 3.63) is 59.2 Å². The predicted molar refractivity (Wildman–Crippen MR) is 152 cm³/mol. The van der Waals surface area contributed by atoms with Crippen molar-refractivity contribution < 1.29 is 47.5 Å². The molecule has 0 amide bonds. The van der Waals surface area contributed by atoms with E-state index in [4.69, 9.17) is 37.9 Å². The number of carbonyl (C=O) groups excluding carboxylic acids is 2. The summed E-state index contributed by atoms with van der Waals surface area (Å²) in [6.07, 6.45) is -1.61. The monoisotopic (exact) mass is 578 g/mol. The van der Waals surface area contributed by atoms with Crippen LogP contribution >= 0.6 is 0 Å². The van der Waals surface area contributed by atoms with Gasteiger partial charge in [-0.25, -0.2) is 4.79 Å². The minimum atomic E-state index is -0.835. The fourth-order valence-corrected chi connectivity index (χ4v) is 5.76. The van der Waals surface area contributed by atoms with Crippen LogP contribution in [0.2, 0.25) is 0 Å². The van der Waals surface area contributed by atoms with Crippen molar-refractivity contribution in [1.82, 2.24) is 0 Å². The molecule has 222 valence electrons. The third-order valence-electron chi connectivity index (χ3n) is 7.90. The van der Waals surface area contributed by atoms with Crippen LogP contribution in [0.1, 0.15) is 54.5 Å². The molecule has 0 unspecified atom stereocenters. The highest BCUT2D eigenvalue weighted by atomic mass is 16.7. The maximum atomic E-state index is 13.5. The number of hydrogen-bond acceptors (Lipinski definition) is 10. The molecule has 0 saturated carbocycles. The van der Waals surface area contributed by atoms with Gasteiger partial charge in [-0.1, -0.05) is 32.0 Å². The highest BCUT2D eigenvalue weighted by molar-refractivity contribution is 5.91. The summed E-state index contributed by atoms with van der Waals surface area (Å²) < 4.78 is 47.3. The van der Waals surface area contributed by atoms with E-state index in [1.165, 1.54) is 35.4 Å². The molecule has 42 heavy (non-hydrogen) atoms. The predicted octanol–water partition coefficient (Wildman–Crippen LogP) is 5.90. The van der Waals surface area contributed by atoms with Gasteiger partial charge in [0.1, 0.15) is 12.2 Å². The number of carbonyl (C=O) groups is 2. The van der Waals surface area contributed by atoms with Gasteiger partial charge in [0.15, 0.2) is 23.0 Å². The molecule has 0 bridgehead atoms. The second-order valence-electron chi connectivity index (χ2n) is 10.2. The van der Waals surface area contributed by atoms with E-state index in [9.17, 15) is 9.59 Å². The molecule has 1 aliphatic carbocycles. The zero-order valence-corrected chi connectivity index (χ0v) is 24.6. The first kappa shape index (κ1) is 28.9. The number of benzene rings is 3. The molecule has 0 spiro atoms. The van der Waals surface area contributed by atoms with Crippen molar-refractivity contribution in [2.45, 2.75) is 33.0 Å². The maximum absolute atomic E-state index is 13.5. The Morgan fingerprint density at radius 3 is 1.93 bits per heavy atom. The van der Waals surface area contributed by atoms with Crippen LogP contribution < -0.4 is 28.4 Å². The fraction of sp³-hybridized carbons (Fsp3) is 0.375. The summed E-state index contributed by atoms with van der Waals surface area (Å²) in [5.74, 6) is 0.507. The second kappa shape index (κ2) is 11.7. The Labute approximate surface area is 244 Å². The Kier molecular flexibility index (Phi) is 8.06. The molecule has 2 aliphatic rings. The average molecular weight is 579 g/mol. The van der Waals surface area contributed by atoms with Crippen molar-refractivity contribution in [3.63, 3.8) is 0 Å². The van der Waals surface area contributed by atoms with Gasteiger partial charge >= 0.3 is 11.9 Å².